The summed E-state index contributed by atoms with van der Waals surface area (Å²) < 4.78 is 2.38. The van der Waals surface area contributed by atoms with Crippen molar-refractivity contribution in [3.63, 3.8) is 0 Å². The maximum atomic E-state index is 5.48. The van der Waals surface area contributed by atoms with Crippen LogP contribution in [0.3, 0.4) is 0 Å². The minimum absolute atomic E-state index is 0.776. The molecule has 1 aliphatic rings. The van der Waals surface area contributed by atoms with Crippen molar-refractivity contribution in [2.24, 2.45) is 0 Å². The van der Waals surface area contributed by atoms with Gasteiger partial charge in [-0.3, -0.25) is 0 Å². The van der Waals surface area contributed by atoms with Gasteiger partial charge in [0.25, 0.3) is 0 Å². The molecule has 0 aliphatic carbocycles. The van der Waals surface area contributed by atoms with Crippen molar-refractivity contribution in [3.05, 3.63) is 176 Å². The van der Waals surface area contributed by atoms with Gasteiger partial charge in [0.05, 0.1) is 16.7 Å². The normalized spacial score (nSPS) is 13.0. The lowest BCUT2D eigenvalue weighted by atomic mass is 9.95. The molecule has 0 spiro atoms. The number of hydrogen-bond donors (Lipinski definition) is 0. The van der Waals surface area contributed by atoms with Gasteiger partial charge < -0.3 is 4.57 Å². The lowest BCUT2D eigenvalue weighted by molar-refractivity contribution is 1.18. The van der Waals surface area contributed by atoms with Gasteiger partial charge in [0.1, 0.15) is 8.07 Å². The third kappa shape index (κ3) is 4.72. The Morgan fingerprint density at radius 2 is 1.06 bits per heavy atom. The molecule has 3 heterocycles. The summed E-state index contributed by atoms with van der Waals surface area (Å²) >= 11 is 0. The van der Waals surface area contributed by atoms with Crippen LogP contribution in [0.5, 0.6) is 0 Å². The first kappa shape index (κ1) is 30.5. The van der Waals surface area contributed by atoms with Crippen LogP contribution in [0.25, 0.3) is 83.5 Å². The average Bonchev–Trinajstić information content (AvgIpc) is 3.67. The number of hydrogen-bond acceptors (Lipinski definition) is 2. The van der Waals surface area contributed by atoms with Crippen LogP contribution in [-0.2, 0) is 0 Å². The maximum Gasteiger partial charge on any atom is 0.159 e. The Hall–Kier alpha value is -6.36. The quantitative estimate of drug-likeness (QED) is 0.169. The van der Waals surface area contributed by atoms with Crippen LogP contribution in [0.4, 0.5) is 0 Å². The van der Waals surface area contributed by atoms with Crippen LogP contribution in [0.15, 0.2) is 176 Å². The number of aromatic nitrogens is 3. The van der Waals surface area contributed by atoms with E-state index in [2.05, 4.69) is 194 Å². The largest absolute Gasteiger partial charge is 0.309 e. The number of rotatable bonds is 5. The smallest absolute Gasteiger partial charge is 0.159 e. The molecule has 0 radical (unpaired) electrons. The van der Waals surface area contributed by atoms with Crippen LogP contribution in [0.1, 0.15) is 0 Å². The van der Waals surface area contributed by atoms with Gasteiger partial charge in [-0.1, -0.05) is 153 Å². The fourth-order valence-corrected chi connectivity index (χ4v) is 11.2. The number of benzene rings is 7. The molecule has 0 amide bonds. The van der Waals surface area contributed by atoms with Crippen molar-refractivity contribution in [1.29, 1.82) is 0 Å². The highest BCUT2D eigenvalue weighted by molar-refractivity contribution is 7.03. The molecule has 0 N–H and O–H groups in total. The third-order valence-electron chi connectivity index (χ3n) is 10.8. The van der Waals surface area contributed by atoms with Crippen molar-refractivity contribution in [2.75, 3.05) is 0 Å². The first-order valence-corrected chi connectivity index (χ1v) is 20.9. The van der Waals surface area contributed by atoms with E-state index < -0.39 is 8.07 Å². The van der Waals surface area contributed by atoms with Crippen molar-refractivity contribution in [3.8, 4) is 61.7 Å². The summed E-state index contributed by atoms with van der Waals surface area (Å²) in [5, 5.41) is 5.12. The summed E-state index contributed by atoms with van der Waals surface area (Å²) in [7, 11) is -2.12. The molecule has 3 nitrogen and oxygen atoms in total. The van der Waals surface area contributed by atoms with E-state index in [9.17, 15) is 0 Å². The van der Waals surface area contributed by atoms with Gasteiger partial charge in [-0.2, -0.15) is 0 Å². The lowest BCUT2D eigenvalue weighted by Gasteiger charge is -2.19. The van der Waals surface area contributed by atoms with E-state index in [4.69, 9.17) is 9.97 Å². The first-order chi connectivity index (χ1) is 25.6. The topological polar surface area (TPSA) is 30.7 Å². The zero-order valence-corrected chi connectivity index (χ0v) is 30.1. The van der Waals surface area contributed by atoms with E-state index in [-0.39, 0.29) is 0 Å². The summed E-state index contributed by atoms with van der Waals surface area (Å²) in [6, 6.07) is 63.2. The minimum Gasteiger partial charge on any atom is -0.309 e. The maximum absolute atomic E-state index is 5.48. The molecule has 0 atom stereocenters. The highest BCUT2D eigenvalue weighted by atomic mass is 28.3. The molecule has 4 heteroatoms. The van der Waals surface area contributed by atoms with E-state index in [0.29, 0.717) is 0 Å². The van der Waals surface area contributed by atoms with Crippen LogP contribution >= 0.6 is 0 Å². The molecular formula is C48H35N3Si. The van der Waals surface area contributed by atoms with Crippen molar-refractivity contribution < 1.29 is 0 Å². The summed E-state index contributed by atoms with van der Waals surface area (Å²) in [5.74, 6) is 0.776. The highest BCUT2D eigenvalue weighted by Gasteiger charge is 2.41. The van der Waals surface area contributed by atoms with Gasteiger partial charge >= 0.3 is 0 Å². The van der Waals surface area contributed by atoms with E-state index in [1.165, 1.54) is 60.1 Å². The van der Waals surface area contributed by atoms with Gasteiger partial charge in [-0.15, -0.1) is 0 Å². The molecule has 246 valence electrons. The molecule has 9 aromatic rings. The Bertz CT molecular complexity index is 2820. The second kappa shape index (κ2) is 11.9. The minimum atomic E-state index is -2.12. The first-order valence-electron chi connectivity index (χ1n) is 17.9. The predicted molar refractivity (Wildman–Crippen MR) is 220 cm³/mol. The Kier molecular flexibility index (Phi) is 6.95. The Morgan fingerprint density at radius 3 is 1.90 bits per heavy atom. The zero-order chi connectivity index (χ0) is 34.8. The molecule has 0 saturated heterocycles. The Morgan fingerprint density at radius 1 is 0.462 bits per heavy atom. The van der Waals surface area contributed by atoms with Crippen LogP contribution in [-0.4, -0.2) is 22.6 Å². The summed E-state index contributed by atoms with van der Waals surface area (Å²) in [4.78, 5) is 10.9. The van der Waals surface area contributed by atoms with Crippen LogP contribution < -0.4 is 10.5 Å². The number of para-hydroxylation sites is 2. The van der Waals surface area contributed by atoms with Gasteiger partial charge in [0.15, 0.2) is 5.82 Å². The molecule has 10 rings (SSSR count). The van der Waals surface area contributed by atoms with Gasteiger partial charge in [0, 0.05) is 38.5 Å². The van der Waals surface area contributed by atoms with Gasteiger partial charge in [-0.05, 0) is 69.4 Å². The SMILES string of the molecule is C[Si]1(C)c2ccccc2-c2c(-c3cccc(-c4cccc5c4c4ccccc4n5-c4ccccc4)c3)nc(-c3cccc(-c4ccccc4)c3)nc21. The molecular weight excluding hydrogens is 647 g/mol. The van der Waals surface area contributed by atoms with E-state index >= 15 is 0 Å². The standard InChI is InChI=1S/C48H35N3Si/c1-52(2)43-29-12-10-25-40(43)45-46(49-47(50-48(45)52)36-21-13-18-33(30-36)32-16-5-3-6-17-32)35-20-14-19-34(31-35)38-26-15-28-42-44(38)39-24-9-11-27-41(39)51(42)37-22-7-4-8-23-37/h3-31H,1-2H3. The van der Waals surface area contributed by atoms with Gasteiger partial charge in [0.2, 0.25) is 0 Å². The molecule has 0 unspecified atom stereocenters. The zero-order valence-electron chi connectivity index (χ0n) is 29.1. The van der Waals surface area contributed by atoms with Gasteiger partial charge in [-0.25, -0.2) is 9.97 Å². The monoisotopic (exact) mass is 681 g/mol. The Balaban J connectivity index is 1.20. The molecule has 7 aromatic carbocycles. The molecule has 0 bridgehead atoms. The second-order valence-corrected chi connectivity index (χ2v) is 18.5. The molecule has 2 aromatic heterocycles. The Labute approximate surface area is 304 Å². The predicted octanol–water partition coefficient (Wildman–Crippen LogP) is 11.0. The fraction of sp³-hybridized carbons (Fsp3) is 0.0417. The van der Waals surface area contributed by atoms with Crippen molar-refractivity contribution in [1.82, 2.24) is 14.5 Å². The number of fused-ring (bicyclic) bond motifs is 6. The second-order valence-electron chi connectivity index (χ2n) is 14.2. The molecule has 0 saturated carbocycles. The molecule has 1 aliphatic heterocycles. The fourth-order valence-electron chi connectivity index (χ4n) is 8.30. The average molecular weight is 682 g/mol. The van der Waals surface area contributed by atoms with Crippen LogP contribution in [0, 0.1) is 0 Å². The lowest BCUT2D eigenvalue weighted by Crippen LogP contribution is -2.50. The summed E-state index contributed by atoms with van der Waals surface area (Å²) in [6.07, 6.45) is 0. The summed E-state index contributed by atoms with van der Waals surface area (Å²) in [6.45, 7) is 4.86. The van der Waals surface area contributed by atoms with E-state index in [1.807, 2.05) is 0 Å². The van der Waals surface area contributed by atoms with Crippen molar-refractivity contribution in [2.45, 2.75) is 13.1 Å². The van der Waals surface area contributed by atoms with Crippen LogP contribution in [0.2, 0.25) is 13.1 Å². The van der Waals surface area contributed by atoms with E-state index in [1.54, 1.807) is 0 Å². The molecule has 0 fully saturated rings. The molecule has 52 heavy (non-hydrogen) atoms. The third-order valence-corrected chi connectivity index (χ3v) is 14.1. The number of nitrogens with zero attached hydrogens (tertiary/aromatic N) is 3. The van der Waals surface area contributed by atoms with E-state index in [0.717, 1.165) is 33.9 Å². The van der Waals surface area contributed by atoms with Crippen molar-refractivity contribution >= 4 is 40.4 Å². The summed E-state index contributed by atoms with van der Waals surface area (Å²) in [5.41, 5.74) is 13.9. The highest BCUT2D eigenvalue weighted by Crippen LogP contribution is 2.41.